The number of nitrogens with one attached hydrogen (secondary N) is 1. The molecule has 15 heavy (non-hydrogen) atoms. The Balaban J connectivity index is 2.50. The Morgan fingerprint density at radius 2 is 2.20 bits per heavy atom. The minimum atomic E-state index is -0.188. The molecule has 0 aliphatic heterocycles. The van der Waals surface area contributed by atoms with Crippen molar-refractivity contribution in [3.8, 4) is 11.2 Å². The van der Waals surface area contributed by atoms with E-state index in [1.807, 2.05) is 5.40 Å². The highest BCUT2D eigenvalue weighted by atomic mass is 32.2. The fourth-order valence-corrected chi connectivity index (χ4v) is 1.24. The third-order valence-electron chi connectivity index (χ3n) is 1.64. The first-order valence-corrected chi connectivity index (χ1v) is 5.19. The Labute approximate surface area is 92.2 Å². The summed E-state index contributed by atoms with van der Waals surface area (Å²) >= 11 is 0.912. The Bertz CT molecular complexity index is 370. The molecule has 1 aromatic rings. The van der Waals surface area contributed by atoms with Crippen LogP contribution >= 0.6 is 11.8 Å². The molecular formula is C10H10N2O2S. The molecule has 78 valence electrons. The van der Waals surface area contributed by atoms with Gasteiger partial charge in [-0.25, -0.2) is 0 Å². The van der Waals surface area contributed by atoms with Gasteiger partial charge in [0, 0.05) is 5.69 Å². The second-order valence-electron chi connectivity index (χ2n) is 2.66. The normalized spacial score (nSPS) is 9.07. The van der Waals surface area contributed by atoms with Crippen molar-refractivity contribution in [2.24, 2.45) is 0 Å². The fraction of sp³-hybridized carbons (Fsp3) is 0.200. The number of hydrogen-bond acceptors (Lipinski definition) is 4. The van der Waals surface area contributed by atoms with Crippen molar-refractivity contribution in [3.63, 3.8) is 0 Å². The van der Waals surface area contributed by atoms with Crippen molar-refractivity contribution < 1.29 is 9.53 Å². The second-order valence-corrected chi connectivity index (χ2v) is 3.42. The van der Waals surface area contributed by atoms with Gasteiger partial charge in [-0.1, -0.05) is 0 Å². The number of thioether (sulfide) groups is 1. The van der Waals surface area contributed by atoms with Crippen molar-refractivity contribution in [1.82, 2.24) is 0 Å². The van der Waals surface area contributed by atoms with E-state index in [9.17, 15) is 4.79 Å². The number of benzene rings is 1. The Hall–Kier alpha value is -1.67. The lowest BCUT2D eigenvalue weighted by molar-refractivity contribution is -0.113. The van der Waals surface area contributed by atoms with Crippen LogP contribution in [0.3, 0.4) is 0 Å². The number of amides is 1. The first-order chi connectivity index (χ1) is 7.26. The highest BCUT2D eigenvalue weighted by Gasteiger charge is 2.01. The lowest BCUT2D eigenvalue weighted by Crippen LogP contribution is -2.13. The van der Waals surface area contributed by atoms with E-state index in [0.29, 0.717) is 5.69 Å². The molecule has 1 N–H and O–H groups in total. The molecule has 5 heteroatoms. The number of carbonyl (C=O) groups excluding carboxylic acids is 1. The molecule has 0 aliphatic rings. The van der Waals surface area contributed by atoms with Gasteiger partial charge in [-0.05, 0) is 36.0 Å². The van der Waals surface area contributed by atoms with Crippen LogP contribution in [0.1, 0.15) is 0 Å². The van der Waals surface area contributed by atoms with Gasteiger partial charge >= 0.3 is 0 Å². The number of hydrogen-bond donors (Lipinski definition) is 1. The van der Waals surface area contributed by atoms with E-state index in [-0.39, 0.29) is 11.7 Å². The lowest BCUT2D eigenvalue weighted by atomic mass is 10.3. The zero-order valence-electron chi connectivity index (χ0n) is 8.19. The third-order valence-corrected chi connectivity index (χ3v) is 2.18. The van der Waals surface area contributed by atoms with Gasteiger partial charge in [0.2, 0.25) is 5.91 Å². The first-order valence-electron chi connectivity index (χ1n) is 4.21. The molecule has 4 nitrogen and oxygen atoms in total. The number of nitrogens with zero attached hydrogens (tertiary/aromatic N) is 1. The van der Waals surface area contributed by atoms with Gasteiger partial charge in [0.05, 0.1) is 12.9 Å². The number of ether oxygens (including phenoxy) is 1. The average molecular weight is 222 g/mol. The molecule has 0 spiro atoms. The van der Waals surface area contributed by atoms with E-state index in [2.05, 4.69) is 5.32 Å². The average Bonchev–Trinajstić information content (AvgIpc) is 2.27. The Kier molecular flexibility index (Phi) is 4.51. The van der Waals surface area contributed by atoms with E-state index in [1.54, 1.807) is 31.4 Å². The van der Waals surface area contributed by atoms with Crippen LogP contribution < -0.4 is 10.1 Å². The molecule has 1 amide bonds. The van der Waals surface area contributed by atoms with Gasteiger partial charge < -0.3 is 10.1 Å². The Morgan fingerprint density at radius 1 is 1.53 bits per heavy atom. The van der Waals surface area contributed by atoms with Crippen molar-refractivity contribution in [2.45, 2.75) is 0 Å². The predicted molar refractivity (Wildman–Crippen MR) is 59.7 cm³/mol. The third kappa shape index (κ3) is 3.92. The van der Waals surface area contributed by atoms with Crippen molar-refractivity contribution >= 4 is 23.4 Å². The van der Waals surface area contributed by atoms with E-state index in [0.717, 1.165) is 17.5 Å². The van der Waals surface area contributed by atoms with Crippen LogP contribution in [0.4, 0.5) is 5.69 Å². The minimum Gasteiger partial charge on any atom is -0.497 e. The molecule has 1 aromatic carbocycles. The number of methoxy groups -OCH3 is 1. The van der Waals surface area contributed by atoms with Gasteiger partial charge in [0.1, 0.15) is 11.2 Å². The van der Waals surface area contributed by atoms with Gasteiger partial charge in [-0.3, -0.25) is 4.79 Å². The van der Waals surface area contributed by atoms with Crippen LogP contribution in [0.2, 0.25) is 0 Å². The maximum Gasteiger partial charge on any atom is 0.235 e. The van der Waals surface area contributed by atoms with Gasteiger partial charge in [-0.2, -0.15) is 5.26 Å². The number of thiocyanates is 1. The second kappa shape index (κ2) is 5.94. The highest BCUT2D eigenvalue weighted by molar-refractivity contribution is 8.04. The quantitative estimate of drug-likeness (QED) is 0.790. The van der Waals surface area contributed by atoms with Crippen molar-refractivity contribution in [1.29, 1.82) is 5.26 Å². The molecule has 0 fully saturated rings. The predicted octanol–water partition coefficient (Wildman–Crippen LogP) is 1.85. The van der Waals surface area contributed by atoms with Crippen molar-refractivity contribution in [3.05, 3.63) is 24.3 Å². The van der Waals surface area contributed by atoms with Crippen LogP contribution in [0.15, 0.2) is 24.3 Å². The van der Waals surface area contributed by atoms with E-state index < -0.39 is 0 Å². The van der Waals surface area contributed by atoms with E-state index in [1.165, 1.54) is 0 Å². The molecular weight excluding hydrogens is 212 g/mol. The van der Waals surface area contributed by atoms with Gasteiger partial charge in [-0.15, -0.1) is 0 Å². The zero-order valence-corrected chi connectivity index (χ0v) is 9.00. The summed E-state index contributed by atoms with van der Waals surface area (Å²) in [6.45, 7) is 0. The molecule has 0 saturated heterocycles. The van der Waals surface area contributed by atoms with E-state index >= 15 is 0 Å². The molecule has 0 bridgehead atoms. The molecule has 0 saturated carbocycles. The standard InChI is InChI=1S/C10H10N2O2S/c1-14-9-4-2-8(3-5-9)12-10(13)6-15-7-11/h2-5H,6H2,1H3,(H,12,13). The van der Waals surface area contributed by atoms with Crippen LogP contribution in [-0.4, -0.2) is 18.8 Å². The van der Waals surface area contributed by atoms with Crippen LogP contribution in [0.5, 0.6) is 5.75 Å². The summed E-state index contributed by atoms with van der Waals surface area (Å²) in [5, 5.41) is 12.8. The smallest absolute Gasteiger partial charge is 0.235 e. The summed E-state index contributed by atoms with van der Waals surface area (Å²) in [6, 6.07) is 7.00. The maximum atomic E-state index is 11.2. The molecule has 0 aromatic heterocycles. The SMILES string of the molecule is COc1ccc(NC(=O)CSC#N)cc1. The van der Waals surface area contributed by atoms with Crippen LogP contribution in [-0.2, 0) is 4.79 Å². The van der Waals surface area contributed by atoms with Crippen LogP contribution in [0.25, 0.3) is 0 Å². The molecule has 0 unspecified atom stereocenters. The number of anilines is 1. The number of rotatable bonds is 4. The van der Waals surface area contributed by atoms with Gasteiger partial charge in [0.25, 0.3) is 0 Å². The lowest BCUT2D eigenvalue weighted by Gasteiger charge is -2.04. The molecule has 0 atom stereocenters. The van der Waals surface area contributed by atoms with Gasteiger partial charge in [0.15, 0.2) is 0 Å². The maximum absolute atomic E-state index is 11.2. The number of carbonyl (C=O) groups is 1. The highest BCUT2D eigenvalue weighted by Crippen LogP contribution is 2.15. The summed E-state index contributed by atoms with van der Waals surface area (Å²) in [4.78, 5) is 11.2. The number of nitriles is 1. The summed E-state index contributed by atoms with van der Waals surface area (Å²) < 4.78 is 4.98. The molecule has 1 rings (SSSR count). The monoisotopic (exact) mass is 222 g/mol. The fourth-order valence-electron chi connectivity index (χ4n) is 0.969. The molecule has 0 radical (unpaired) electrons. The summed E-state index contributed by atoms with van der Waals surface area (Å²) in [6.07, 6.45) is 0. The largest absolute Gasteiger partial charge is 0.497 e. The topological polar surface area (TPSA) is 62.1 Å². The first kappa shape index (κ1) is 11.4. The van der Waals surface area contributed by atoms with Crippen LogP contribution in [0, 0.1) is 10.7 Å². The van der Waals surface area contributed by atoms with Crippen molar-refractivity contribution in [2.75, 3.05) is 18.2 Å². The molecule has 0 aliphatic carbocycles. The van der Waals surface area contributed by atoms with E-state index in [4.69, 9.17) is 10.00 Å². The zero-order chi connectivity index (χ0) is 11.1. The Morgan fingerprint density at radius 3 is 2.73 bits per heavy atom. The summed E-state index contributed by atoms with van der Waals surface area (Å²) in [5.74, 6) is 0.689. The minimum absolute atomic E-state index is 0.141. The summed E-state index contributed by atoms with van der Waals surface area (Å²) in [7, 11) is 1.58. The molecule has 0 heterocycles. The summed E-state index contributed by atoms with van der Waals surface area (Å²) in [5.41, 5.74) is 0.694.